The fourth-order valence-electron chi connectivity index (χ4n) is 3.17. The molecule has 2 unspecified atom stereocenters. The van der Waals surface area contributed by atoms with E-state index in [4.69, 9.17) is 9.66 Å². The molecule has 3 N–H and O–H groups in total. The topological polar surface area (TPSA) is 184 Å². The van der Waals surface area contributed by atoms with E-state index in [1.807, 2.05) is 0 Å². The van der Waals surface area contributed by atoms with Crippen LogP contribution in [0.5, 0.6) is 0 Å². The predicted molar refractivity (Wildman–Crippen MR) is 134 cm³/mol. The maximum Gasteiger partial charge on any atom is 1.00 e. The van der Waals surface area contributed by atoms with Crippen LogP contribution in [0, 0.1) is 0 Å². The molecule has 0 fully saturated rings. The van der Waals surface area contributed by atoms with Crippen molar-refractivity contribution in [1.82, 2.24) is 5.32 Å². The van der Waals surface area contributed by atoms with Crippen molar-refractivity contribution in [3.05, 3.63) is 12.2 Å². The van der Waals surface area contributed by atoms with Crippen molar-refractivity contribution in [2.45, 2.75) is 122 Å². The first kappa shape index (κ1) is 45.0. The first-order valence-corrected chi connectivity index (χ1v) is 14.4. The molecule has 0 heterocycles. The number of rotatable bonds is 21. The number of carboxylic acid groups (broad SMARTS) is 2. The van der Waals surface area contributed by atoms with Crippen LogP contribution in [0.4, 0.5) is 0 Å². The van der Waals surface area contributed by atoms with Crippen molar-refractivity contribution in [2.24, 2.45) is 0 Å². The molecule has 0 saturated heterocycles. The van der Waals surface area contributed by atoms with Gasteiger partial charge in [-0.1, -0.05) is 70.4 Å². The third-order valence-corrected chi connectivity index (χ3v) is 6.31. The number of carbonyl (C=O) groups excluding carboxylic acids is 3. The number of nitrogens with one attached hydrogen (secondary N) is 1. The van der Waals surface area contributed by atoms with Gasteiger partial charge in [0.15, 0.2) is 0 Å². The van der Waals surface area contributed by atoms with E-state index in [1.165, 1.54) is 70.6 Å². The van der Waals surface area contributed by atoms with E-state index in [-0.39, 0.29) is 65.0 Å². The van der Waals surface area contributed by atoms with Crippen molar-refractivity contribution >= 4 is 28.0 Å². The maximum atomic E-state index is 11.5. The molecule has 2 atom stereocenters. The van der Waals surface area contributed by atoms with Gasteiger partial charge >= 0.3 is 59.1 Å². The van der Waals surface area contributed by atoms with Crippen LogP contribution < -0.4 is 74.6 Å². The number of amides is 1. The van der Waals surface area contributed by atoms with Crippen LogP contribution in [0.25, 0.3) is 0 Å². The summed E-state index contributed by atoms with van der Waals surface area (Å²) in [6, 6.07) is 0. The molecule has 0 spiro atoms. The zero-order chi connectivity index (χ0) is 27.8. The van der Waals surface area contributed by atoms with Gasteiger partial charge in [-0.2, -0.15) is 8.42 Å². The molecule has 13 heteroatoms. The van der Waals surface area contributed by atoms with E-state index in [0.29, 0.717) is 13.0 Å². The van der Waals surface area contributed by atoms with E-state index in [1.54, 1.807) is 6.92 Å². The molecule has 0 bridgehead atoms. The second-order valence-electron chi connectivity index (χ2n) is 8.89. The Hall–Kier alpha value is 0.0200. The summed E-state index contributed by atoms with van der Waals surface area (Å²) >= 11 is 0. The van der Waals surface area contributed by atoms with Crippen LogP contribution in [-0.4, -0.2) is 53.8 Å². The molecule has 0 radical (unpaired) electrons. The molecule has 0 rings (SSSR count). The van der Waals surface area contributed by atoms with Gasteiger partial charge in [-0.3, -0.25) is 9.35 Å². The van der Waals surface area contributed by atoms with Gasteiger partial charge in [-0.15, -0.1) is 0 Å². The number of aliphatic hydroxyl groups excluding tert-OH is 1. The van der Waals surface area contributed by atoms with E-state index in [0.717, 1.165) is 12.8 Å². The van der Waals surface area contributed by atoms with Crippen LogP contribution >= 0.6 is 0 Å². The Morgan fingerprint density at radius 2 is 1.29 bits per heavy atom. The molecule has 10 nitrogen and oxygen atoms in total. The van der Waals surface area contributed by atoms with Crippen molar-refractivity contribution in [3.8, 4) is 0 Å². The first-order chi connectivity index (χ1) is 16.9. The Balaban J connectivity index is -0.000000351. The SMILES string of the molecule is CCCCCCCC/C=C\CCCCCCCC(=O)NCC(C)O.O=C([O-])CC(C(=O)[O-])S(=O)(=O)O.[Na+].[Na+]. The Morgan fingerprint density at radius 1 is 0.842 bits per heavy atom. The van der Waals surface area contributed by atoms with Crippen molar-refractivity contribution in [2.75, 3.05) is 6.54 Å². The maximum absolute atomic E-state index is 11.5. The van der Waals surface area contributed by atoms with Gasteiger partial charge in [0, 0.05) is 25.4 Å². The number of aliphatic carboxylic acids is 2. The fourth-order valence-corrected chi connectivity index (χ4v) is 3.76. The Labute approximate surface area is 273 Å². The van der Waals surface area contributed by atoms with Gasteiger partial charge in [0.25, 0.3) is 10.1 Å². The number of aliphatic hydroxyl groups is 1. The molecule has 0 aromatic carbocycles. The summed E-state index contributed by atoms with van der Waals surface area (Å²) in [5, 5.41) is 29.1. The minimum atomic E-state index is -4.94. The summed E-state index contributed by atoms with van der Waals surface area (Å²) in [5.41, 5.74) is 0. The van der Waals surface area contributed by atoms with Crippen LogP contribution in [0.2, 0.25) is 0 Å². The van der Waals surface area contributed by atoms with Gasteiger partial charge in [-0.05, 0) is 39.0 Å². The van der Waals surface area contributed by atoms with Gasteiger partial charge in [-0.25, -0.2) is 0 Å². The second-order valence-corrected chi connectivity index (χ2v) is 10.5. The molecule has 38 heavy (non-hydrogen) atoms. The van der Waals surface area contributed by atoms with Gasteiger partial charge in [0.2, 0.25) is 5.91 Å². The average molecular weight is 582 g/mol. The second kappa shape index (κ2) is 30.0. The summed E-state index contributed by atoms with van der Waals surface area (Å²) in [6.45, 7) is 4.31. The minimum Gasteiger partial charge on any atom is -0.550 e. The van der Waals surface area contributed by atoms with Gasteiger partial charge < -0.3 is 30.2 Å². The summed E-state index contributed by atoms with van der Waals surface area (Å²) in [4.78, 5) is 31.2. The monoisotopic (exact) mass is 581 g/mol. The Morgan fingerprint density at radius 3 is 1.66 bits per heavy atom. The molecule has 1 amide bonds. The molecule has 0 aromatic rings. The predicted octanol–water partition coefficient (Wildman–Crippen LogP) is -4.34. The van der Waals surface area contributed by atoms with Crippen LogP contribution in [0.1, 0.15) is 110 Å². The largest absolute Gasteiger partial charge is 1.00 e. The summed E-state index contributed by atoms with van der Waals surface area (Å²) in [5.74, 6) is -4.02. The molecule has 0 saturated carbocycles. The van der Waals surface area contributed by atoms with Crippen molar-refractivity contribution < 1.29 is 102 Å². The summed E-state index contributed by atoms with van der Waals surface area (Å²) < 4.78 is 28.5. The molecular formula is C25H45NNa2O9S. The van der Waals surface area contributed by atoms with Gasteiger partial charge in [0.05, 0.1) is 12.1 Å². The number of carboxylic acids is 2. The van der Waals surface area contributed by atoms with Gasteiger partial charge in [0.1, 0.15) is 5.25 Å². The van der Waals surface area contributed by atoms with Crippen LogP contribution in [0.15, 0.2) is 12.2 Å². The number of carbonyl (C=O) groups is 3. The third kappa shape index (κ3) is 34.0. The van der Waals surface area contributed by atoms with Crippen molar-refractivity contribution in [1.29, 1.82) is 0 Å². The Kier molecular flexibility index (Phi) is 35.5. The normalized spacial score (nSPS) is 12.3. The standard InChI is InChI=1S/C21H41NO2.C4H6O7S.2Na/c1-3-4-5-6-7-8-9-10-11-12-13-14-15-16-17-18-21(24)22-19-20(2)23;5-3(6)1-2(4(7)8)12(9,10)11;;/h10-11,20,23H,3-9,12-19H2,1-2H3,(H,22,24);2H,1H2,(H,5,6)(H,7,8)(H,9,10,11);;/q;;2*+1/p-2/b11-10-;;;. The quantitative estimate of drug-likeness (QED) is 0.0522. The van der Waals surface area contributed by atoms with E-state index in [9.17, 15) is 33.0 Å². The zero-order valence-electron chi connectivity index (χ0n) is 23.8. The number of hydrogen-bond acceptors (Lipinski definition) is 8. The number of hydrogen-bond donors (Lipinski definition) is 3. The number of unbranched alkanes of at least 4 members (excludes halogenated alkanes) is 11. The Bertz CT molecular complexity index is 732. The fraction of sp³-hybridized carbons (Fsp3) is 0.800. The molecule has 0 aromatic heterocycles. The van der Waals surface area contributed by atoms with Crippen LogP contribution in [0.3, 0.4) is 0 Å². The molecular weight excluding hydrogens is 536 g/mol. The smallest absolute Gasteiger partial charge is 0.550 e. The molecule has 0 aliphatic rings. The first-order valence-electron chi connectivity index (χ1n) is 12.9. The van der Waals surface area contributed by atoms with E-state index in [2.05, 4.69) is 24.4 Å². The minimum absolute atomic E-state index is 0. The summed E-state index contributed by atoms with van der Waals surface area (Å²) in [6.07, 6.45) is 20.0. The van der Waals surface area contributed by atoms with E-state index >= 15 is 0 Å². The zero-order valence-corrected chi connectivity index (χ0v) is 28.6. The van der Waals surface area contributed by atoms with Crippen molar-refractivity contribution in [3.63, 3.8) is 0 Å². The summed E-state index contributed by atoms with van der Waals surface area (Å²) in [7, 11) is -4.94. The molecule has 212 valence electrons. The molecule has 0 aliphatic carbocycles. The third-order valence-electron chi connectivity index (χ3n) is 5.23. The average Bonchev–Trinajstić information content (AvgIpc) is 2.78. The molecule has 0 aliphatic heterocycles. The number of allylic oxidation sites excluding steroid dienone is 2. The van der Waals surface area contributed by atoms with Crippen LogP contribution in [-0.2, 0) is 24.5 Å². The van der Waals surface area contributed by atoms with E-state index < -0.39 is 39.8 Å².